The SMILES string of the molecule is COCC(=O)N1CC[C@@H](NC(=O)COCc2nc3ccccc3[nH]2)[C@H](O)C1. The molecule has 1 aliphatic rings. The highest BCUT2D eigenvalue weighted by atomic mass is 16.5. The van der Waals surface area contributed by atoms with Gasteiger partial charge in [-0.2, -0.15) is 0 Å². The number of ether oxygens (including phenoxy) is 2. The van der Waals surface area contributed by atoms with E-state index < -0.39 is 12.1 Å². The summed E-state index contributed by atoms with van der Waals surface area (Å²) < 4.78 is 10.2. The normalized spacial score (nSPS) is 20.0. The fourth-order valence-electron chi connectivity index (χ4n) is 3.10. The number of benzene rings is 1. The highest BCUT2D eigenvalue weighted by Gasteiger charge is 2.30. The molecular formula is C18H24N4O5. The molecular weight excluding hydrogens is 352 g/mol. The van der Waals surface area contributed by atoms with Crippen molar-refractivity contribution in [3.63, 3.8) is 0 Å². The number of piperidine rings is 1. The predicted octanol–water partition coefficient (Wildman–Crippen LogP) is -0.196. The highest BCUT2D eigenvalue weighted by molar-refractivity contribution is 5.79. The molecule has 2 amide bonds. The minimum Gasteiger partial charge on any atom is -0.389 e. The molecule has 1 aromatic heterocycles. The quantitative estimate of drug-likeness (QED) is 0.616. The van der Waals surface area contributed by atoms with E-state index in [0.717, 1.165) is 11.0 Å². The number of hydrogen-bond acceptors (Lipinski definition) is 6. The number of hydrogen-bond donors (Lipinski definition) is 3. The van der Waals surface area contributed by atoms with Crippen LogP contribution in [-0.2, 0) is 25.7 Å². The fraction of sp³-hybridized carbons (Fsp3) is 0.500. The number of aliphatic hydroxyl groups excluding tert-OH is 1. The molecule has 146 valence electrons. The number of aliphatic hydroxyl groups is 1. The molecule has 3 N–H and O–H groups in total. The van der Waals surface area contributed by atoms with Crippen LogP contribution in [0.5, 0.6) is 0 Å². The number of aromatic amines is 1. The first-order chi connectivity index (χ1) is 13.1. The number of nitrogens with zero attached hydrogens (tertiary/aromatic N) is 2. The van der Waals surface area contributed by atoms with E-state index in [9.17, 15) is 14.7 Å². The van der Waals surface area contributed by atoms with Crippen molar-refractivity contribution in [3.8, 4) is 0 Å². The smallest absolute Gasteiger partial charge is 0.248 e. The monoisotopic (exact) mass is 376 g/mol. The summed E-state index contributed by atoms with van der Waals surface area (Å²) in [5, 5.41) is 12.9. The third kappa shape index (κ3) is 5.03. The number of carbonyl (C=O) groups excluding carboxylic acids is 2. The summed E-state index contributed by atoms with van der Waals surface area (Å²) in [5.41, 5.74) is 1.76. The van der Waals surface area contributed by atoms with E-state index >= 15 is 0 Å². The number of likely N-dealkylation sites (tertiary alicyclic amines) is 1. The van der Waals surface area contributed by atoms with Crippen molar-refractivity contribution in [1.82, 2.24) is 20.2 Å². The number of H-pyrrole nitrogens is 1. The van der Waals surface area contributed by atoms with Crippen LogP contribution >= 0.6 is 0 Å². The van der Waals surface area contributed by atoms with E-state index in [-0.39, 0.29) is 38.2 Å². The maximum absolute atomic E-state index is 12.1. The lowest BCUT2D eigenvalue weighted by Gasteiger charge is -2.36. The van der Waals surface area contributed by atoms with Gasteiger partial charge in [-0.05, 0) is 18.6 Å². The standard InChI is InChI=1S/C18H24N4O5/c1-26-11-18(25)22-7-6-14(15(23)8-22)21-17(24)10-27-9-16-19-12-4-2-3-5-13(12)20-16/h2-5,14-15,23H,6-11H2,1H3,(H,19,20)(H,21,24)/t14-,15-/m1/s1. The number of β-amino-alcohol motifs (C(OH)–C–C–N with tert-alkyl or cyclic N) is 1. The second-order valence-corrected chi connectivity index (χ2v) is 6.50. The van der Waals surface area contributed by atoms with Crippen molar-refractivity contribution in [2.24, 2.45) is 0 Å². The van der Waals surface area contributed by atoms with Crippen LogP contribution in [0.4, 0.5) is 0 Å². The molecule has 1 saturated heterocycles. The summed E-state index contributed by atoms with van der Waals surface area (Å²) >= 11 is 0. The molecule has 0 unspecified atom stereocenters. The van der Waals surface area contributed by atoms with E-state index in [1.54, 1.807) is 0 Å². The molecule has 0 bridgehead atoms. The van der Waals surface area contributed by atoms with E-state index in [1.807, 2.05) is 24.3 Å². The van der Waals surface area contributed by atoms with Crippen molar-refractivity contribution in [3.05, 3.63) is 30.1 Å². The molecule has 0 saturated carbocycles. The van der Waals surface area contributed by atoms with Gasteiger partial charge in [-0.15, -0.1) is 0 Å². The molecule has 3 rings (SSSR count). The molecule has 9 heteroatoms. The maximum Gasteiger partial charge on any atom is 0.248 e. The van der Waals surface area contributed by atoms with E-state index in [0.29, 0.717) is 18.8 Å². The Bertz CT molecular complexity index is 760. The lowest BCUT2D eigenvalue weighted by Crippen LogP contribution is -2.56. The zero-order valence-electron chi connectivity index (χ0n) is 15.2. The Balaban J connectivity index is 1.41. The van der Waals surface area contributed by atoms with Crippen LogP contribution in [0.1, 0.15) is 12.2 Å². The molecule has 2 atom stereocenters. The Kier molecular flexibility index (Phi) is 6.38. The number of methoxy groups -OCH3 is 1. The van der Waals surface area contributed by atoms with Gasteiger partial charge in [0, 0.05) is 20.2 Å². The van der Waals surface area contributed by atoms with Gasteiger partial charge in [-0.3, -0.25) is 9.59 Å². The van der Waals surface area contributed by atoms with Crippen LogP contribution in [0.2, 0.25) is 0 Å². The van der Waals surface area contributed by atoms with Gasteiger partial charge < -0.3 is 29.8 Å². The number of fused-ring (bicyclic) bond motifs is 1. The average Bonchev–Trinajstić information content (AvgIpc) is 3.06. The van der Waals surface area contributed by atoms with Gasteiger partial charge in [0.15, 0.2) is 0 Å². The highest BCUT2D eigenvalue weighted by Crippen LogP contribution is 2.12. The average molecular weight is 376 g/mol. The molecule has 1 aliphatic heterocycles. The predicted molar refractivity (Wildman–Crippen MR) is 96.8 cm³/mol. The number of aromatic nitrogens is 2. The minimum absolute atomic E-state index is 0.0145. The number of imidazole rings is 1. The van der Waals surface area contributed by atoms with Crippen molar-refractivity contribution >= 4 is 22.8 Å². The minimum atomic E-state index is -0.820. The summed E-state index contributed by atoms with van der Waals surface area (Å²) in [6.07, 6.45) is -0.342. The topological polar surface area (TPSA) is 117 Å². The molecule has 2 heterocycles. The van der Waals surface area contributed by atoms with E-state index in [1.165, 1.54) is 12.0 Å². The Morgan fingerprint density at radius 1 is 1.37 bits per heavy atom. The largest absolute Gasteiger partial charge is 0.389 e. The fourth-order valence-corrected chi connectivity index (χ4v) is 3.10. The summed E-state index contributed by atoms with van der Waals surface area (Å²) in [6.45, 7) is 0.678. The lowest BCUT2D eigenvalue weighted by molar-refractivity contribution is -0.139. The second kappa shape index (κ2) is 8.94. The van der Waals surface area contributed by atoms with Crippen molar-refractivity contribution < 1.29 is 24.2 Å². The van der Waals surface area contributed by atoms with Crippen LogP contribution in [0.15, 0.2) is 24.3 Å². The van der Waals surface area contributed by atoms with E-state index in [2.05, 4.69) is 15.3 Å². The third-order valence-electron chi connectivity index (χ3n) is 4.46. The van der Waals surface area contributed by atoms with Crippen molar-refractivity contribution in [2.75, 3.05) is 33.4 Å². The number of nitrogens with one attached hydrogen (secondary N) is 2. The Morgan fingerprint density at radius 2 is 2.19 bits per heavy atom. The zero-order chi connectivity index (χ0) is 19.2. The molecule has 27 heavy (non-hydrogen) atoms. The molecule has 0 aliphatic carbocycles. The first-order valence-electron chi connectivity index (χ1n) is 8.82. The summed E-state index contributed by atoms with van der Waals surface area (Å²) in [5.74, 6) is 0.163. The Labute approximate surface area is 156 Å². The number of rotatable bonds is 7. The van der Waals surface area contributed by atoms with Crippen molar-refractivity contribution in [1.29, 1.82) is 0 Å². The first-order valence-corrected chi connectivity index (χ1v) is 8.82. The van der Waals surface area contributed by atoms with Gasteiger partial charge in [0.05, 0.1) is 23.2 Å². The van der Waals surface area contributed by atoms with Crippen LogP contribution in [0.25, 0.3) is 11.0 Å². The molecule has 1 fully saturated rings. The van der Waals surface area contributed by atoms with Crippen LogP contribution in [-0.4, -0.2) is 77.3 Å². The van der Waals surface area contributed by atoms with Gasteiger partial charge in [0.25, 0.3) is 0 Å². The molecule has 9 nitrogen and oxygen atoms in total. The van der Waals surface area contributed by atoms with Gasteiger partial charge in [-0.25, -0.2) is 4.98 Å². The van der Waals surface area contributed by atoms with Gasteiger partial charge in [0.1, 0.15) is 25.6 Å². The molecule has 0 radical (unpaired) electrons. The van der Waals surface area contributed by atoms with Gasteiger partial charge in [0.2, 0.25) is 11.8 Å². The molecule has 1 aromatic carbocycles. The number of para-hydroxylation sites is 2. The number of amides is 2. The van der Waals surface area contributed by atoms with Gasteiger partial charge in [-0.1, -0.05) is 12.1 Å². The van der Waals surface area contributed by atoms with E-state index in [4.69, 9.17) is 9.47 Å². The Hall–Kier alpha value is -2.49. The third-order valence-corrected chi connectivity index (χ3v) is 4.46. The Morgan fingerprint density at radius 3 is 2.93 bits per heavy atom. The maximum atomic E-state index is 12.1. The van der Waals surface area contributed by atoms with Crippen LogP contribution in [0.3, 0.4) is 0 Å². The summed E-state index contributed by atoms with van der Waals surface area (Å²) in [6, 6.07) is 7.23. The van der Waals surface area contributed by atoms with Crippen molar-refractivity contribution in [2.45, 2.75) is 25.2 Å². The zero-order valence-corrected chi connectivity index (χ0v) is 15.2. The van der Waals surface area contributed by atoms with Crippen LogP contribution < -0.4 is 5.32 Å². The second-order valence-electron chi connectivity index (χ2n) is 6.50. The summed E-state index contributed by atoms with van der Waals surface area (Å²) in [7, 11) is 1.45. The summed E-state index contributed by atoms with van der Waals surface area (Å²) in [4.78, 5) is 32.9. The van der Waals surface area contributed by atoms with Gasteiger partial charge >= 0.3 is 0 Å². The number of carbonyl (C=O) groups is 2. The van der Waals surface area contributed by atoms with Crippen LogP contribution in [0, 0.1) is 0 Å². The lowest BCUT2D eigenvalue weighted by atomic mass is 10.0. The molecule has 0 spiro atoms. The molecule has 2 aromatic rings. The first kappa shape index (κ1) is 19.3.